The van der Waals surface area contributed by atoms with Crippen molar-refractivity contribution in [3.63, 3.8) is 0 Å². The number of nitrogens with zero attached hydrogens (tertiary/aromatic N) is 3. The van der Waals surface area contributed by atoms with Gasteiger partial charge in [0.25, 0.3) is 0 Å². The van der Waals surface area contributed by atoms with Gasteiger partial charge in [-0.2, -0.15) is 0 Å². The average Bonchev–Trinajstić information content (AvgIpc) is 2.74. The van der Waals surface area contributed by atoms with Crippen molar-refractivity contribution in [2.75, 3.05) is 0 Å². The van der Waals surface area contributed by atoms with E-state index in [2.05, 4.69) is 26.1 Å². The van der Waals surface area contributed by atoms with Crippen molar-refractivity contribution in [3.8, 4) is 5.69 Å². The third-order valence-corrected chi connectivity index (χ3v) is 2.92. The number of amidine groups is 1. The SMILES string of the molecule is Cc1nccn1-c1ccc(Br)cc1/C(N)=N/O. The maximum absolute atomic E-state index is 8.79. The molecule has 88 valence electrons. The highest BCUT2D eigenvalue weighted by Crippen LogP contribution is 2.21. The molecule has 0 aliphatic carbocycles. The molecular weight excluding hydrogens is 284 g/mol. The molecule has 0 saturated carbocycles. The molecule has 0 bridgehead atoms. The summed E-state index contributed by atoms with van der Waals surface area (Å²) in [6.07, 6.45) is 3.53. The second kappa shape index (κ2) is 4.58. The molecule has 17 heavy (non-hydrogen) atoms. The lowest BCUT2D eigenvalue weighted by molar-refractivity contribution is 0.318. The Kier molecular flexibility index (Phi) is 3.14. The van der Waals surface area contributed by atoms with E-state index in [9.17, 15) is 0 Å². The number of aryl methyl sites for hydroxylation is 1. The maximum atomic E-state index is 8.79. The Morgan fingerprint density at radius 2 is 2.29 bits per heavy atom. The summed E-state index contributed by atoms with van der Waals surface area (Å²) < 4.78 is 2.74. The zero-order valence-electron chi connectivity index (χ0n) is 9.13. The molecule has 0 aliphatic rings. The van der Waals surface area contributed by atoms with Gasteiger partial charge >= 0.3 is 0 Å². The van der Waals surface area contributed by atoms with Gasteiger partial charge in [-0.25, -0.2) is 4.98 Å². The van der Waals surface area contributed by atoms with Crippen molar-refractivity contribution in [1.82, 2.24) is 9.55 Å². The van der Waals surface area contributed by atoms with Gasteiger partial charge in [0.2, 0.25) is 0 Å². The van der Waals surface area contributed by atoms with Crippen LogP contribution >= 0.6 is 15.9 Å². The lowest BCUT2D eigenvalue weighted by Gasteiger charge is -2.11. The van der Waals surface area contributed by atoms with E-state index in [1.54, 1.807) is 12.3 Å². The van der Waals surface area contributed by atoms with Crippen molar-refractivity contribution in [2.24, 2.45) is 10.9 Å². The molecule has 0 fully saturated rings. The molecule has 1 heterocycles. The van der Waals surface area contributed by atoms with Gasteiger partial charge in [0.15, 0.2) is 5.84 Å². The Balaban J connectivity index is 2.66. The summed E-state index contributed by atoms with van der Waals surface area (Å²) in [7, 11) is 0. The molecule has 0 aliphatic heterocycles. The molecule has 1 aromatic carbocycles. The van der Waals surface area contributed by atoms with Crippen molar-refractivity contribution < 1.29 is 5.21 Å². The highest BCUT2D eigenvalue weighted by Gasteiger charge is 2.11. The van der Waals surface area contributed by atoms with Crippen LogP contribution in [-0.2, 0) is 0 Å². The summed E-state index contributed by atoms with van der Waals surface area (Å²) in [5, 5.41) is 11.8. The predicted molar refractivity (Wildman–Crippen MR) is 68.5 cm³/mol. The molecular formula is C11H11BrN4O. The van der Waals surface area contributed by atoms with E-state index >= 15 is 0 Å². The second-order valence-corrected chi connectivity index (χ2v) is 4.41. The zero-order valence-corrected chi connectivity index (χ0v) is 10.7. The lowest BCUT2D eigenvalue weighted by atomic mass is 10.1. The molecule has 5 nitrogen and oxygen atoms in total. The van der Waals surface area contributed by atoms with E-state index in [1.165, 1.54) is 0 Å². The number of aromatic nitrogens is 2. The fourth-order valence-electron chi connectivity index (χ4n) is 1.61. The van der Waals surface area contributed by atoms with Crippen LogP contribution in [0, 0.1) is 6.92 Å². The highest BCUT2D eigenvalue weighted by atomic mass is 79.9. The number of rotatable bonds is 2. The first-order valence-electron chi connectivity index (χ1n) is 4.91. The zero-order chi connectivity index (χ0) is 12.4. The van der Waals surface area contributed by atoms with Crippen LogP contribution in [0.1, 0.15) is 11.4 Å². The van der Waals surface area contributed by atoms with Crippen LogP contribution in [-0.4, -0.2) is 20.6 Å². The Bertz CT molecular complexity index is 577. The van der Waals surface area contributed by atoms with Crippen molar-refractivity contribution >= 4 is 21.8 Å². The molecule has 6 heteroatoms. The van der Waals surface area contributed by atoms with Crippen LogP contribution in [0.3, 0.4) is 0 Å². The minimum atomic E-state index is 0.0643. The third kappa shape index (κ3) is 2.16. The molecule has 0 amide bonds. The van der Waals surface area contributed by atoms with Crippen LogP contribution in [0.4, 0.5) is 0 Å². The first-order valence-corrected chi connectivity index (χ1v) is 5.70. The van der Waals surface area contributed by atoms with E-state index in [0.717, 1.165) is 16.0 Å². The predicted octanol–water partition coefficient (Wildman–Crippen LogP) is 2.04. The Labute approximate surface area is 107 Å². The summed E-state index contributed by atoms with van der Waals surface area (Å²) in [6, 6.07) is 5.57. The molecule has 3 N–H and O–H groups in total. The average molecular weight is 295 g/mol. The van der Waals surface area contributed by atoms with Crippen LogP contribution in [0.25, 0.3) is 5.69 Å². The van der Waals surface area contributed by atoms with Crippen molar-refractivity contribution in [1.29, 1.82) is 0 Å². The lowest BCUT2D eigenvalue weighted by Crippen LogP contribution is -2.16. The van der Waals surface area contributed by atoms with Gasteiger partial charge in [0.1, 0.15) is 5.82 Å². The molecule has 1 aromatic heterocycles. The molecule has 0 spiro atoms. The van der Waals surface area contributed by atoms with Crippen LogP contribution in [0.5, 0.6) is 0 Å². The maximum Gasteiger partial charge on any atom is 0.172 e. The first kappa shape index (κ1) is 11.7. The molecule has 0 saturated heterocycles. The summed E-state index contributed by atoms with van der Waals surface area (Å²) in [4.78, 5) is 4.15. The molecule has 0 atom stereocenters. The summed E-state index contributed by atoms with van der Waals surface area (Å²) in [6.45, 7) is 1.89. The third-order valence-electron chi connectivity index (χ3n) is 2.43. The van der Waals surface area contributed by atoms with E-state index in [-0.39, 0.29) is 5.84 Å². The molecule has 0 radical (unpaired) electrons. The van der Waals surface area contributed by atoms with Crippen molar-refractivity contribution in [3.05, 3.63) is 46.5 Å². The topological polar surface area (TPSA) is 76.4 Å². The fourth-order valence-corrected chi connectivity index (χ4v) is 1.97. The van der Waals surface area contributed by atoms with Gasteiger partial charge in [-0.3, -0.25) is 0 Å². The van der Waals surface area contributed by atoms with Crippen LogP contribution in [0.15, 0.2) is 40.2 Å². The largest absolute Gasteiger partial charge is 0.409 e. The van der Waals surface area contributed by atoms with Crippen LogP contribution < -0.4 is 5.73 Å². The Morgan fingerprint density at radius 3 is 2.88 bits per heavy atom. The van der Waals surface area contributed by atoms with E-state index < -0.39 is 0 Å². The molecule has 2 rings (SSSR count). The first-order chi connectivity index (χ1) is 8.13. The normalized spacial score (nSPS) is 11.8. The van der Waals surface area contributed by atoms with Gasteiger partial charge < -0.3 is 15.5 Å². The number of hydrogen-bond donors (Lipinski definition) is 2. The van der Waals surface area contributed by atoms with Gasteiger partial charge in [-0.05, 0) is 25.1 Å². The van der Waals surface area contributed by atoms with Gasteiger partial charge in [-0.1, -0.05) is 21.1 Å². The standard InChI is InChI=1S/C11H11BrN4O/c1-7-14-4-5-16(7)10-3-2-8(12)6-9(10)11(13)15-17/h2-6,17H,1H3,(H2,13,15). The number of imidazole rings is 1. The highest BCUT2D eigenvalue weighted by molar-refractivity contribution is 9.10. The molecule has 2 aromatic rings. The number of oxime groups is 1. The van der Waals surface area contributed by atoms with E-state index in [0.29, 0.717) is 5.56 Å². The number of nitrogens with two attached hydrogens (primary N) is 1. The van der Waals surface area contributed by atoms with E-state index in [4.69, 9.17) is 10.9 Å². The minimum Gasteiger partial charge on any atom is -0.409 e. The van der Waals surface area contributed by atoms with E-state index in [1.807, 2.05) is 29.8 Å². The van der Waals surface area contributed by atoms with Crippen LogP contribution in [0.2, 0.25) is 0 Å². The monoisotopic (exact) mass is 294 g/mol. The van der Waals surface area contributed by atoms with Gasteiger partial charge in [0, 0.05) is 22.4 Å². The fraction of sp³-hybridized carbons (Fsp3) is 0.0909. The van der Waals surface area contributed by atoms with Gasteiger partial charge in [-0.15, -0.1) is 0 Å². The smallest absolute Gasteiger partial charge is 0.172 e. The number of hydrogen-bond acceptors (Lipinski definition) is 3. The van der Waals surface area contributed by atoms with Gasteiger partial charge in [0.05, 0.1) is 5.69 Å². The quantitative estimate of drug-likeness (QED) is 0.385. The summed E-state index contributed by atoms with van der Waals surface area (Å²) in [5.41, 5.74) is 7.13. The van der Waals surface area contributed by atoms with Crippen molar-refractivity contribution in [2.45, 2.75) is 6.92 Å². The minimum absolute atomic E-state index is 0.0643. The molecule has 0 unspecified atom stereocenters. The Morgan fingerprint density at radius 1 is 1.53 bits per heavy atom. The summed E-state index contributed by atoms with van der Waals surface area (Å²) >= 11 is 3.36. The second-order valence-electron chi connectivity index (χ2n) is 3.49. The Hall–Kier alpha value is -1.82. The summed E-state index contributed by atoms with van der Waals surface area (Å²) in [5.74, 6) is 0.897. The number of benzene rings is 1. The number of halogens is 1.